The van der Waals surface area contributed by atoms with Gasteiger partial charge < -0.3 is 20.3 Å². The molecule has 6 heteroatoms. The van der Waals surface area contributed by atoms with Gasteiger partial charge in [0, 0.05) is 12.8 Å². The van der Waals surface area contributed by atoms with Gasteiger partial charge in [0.05, 0.1) is 25.4 Å². The minimum Gasteiger partial charge on any atom is -0.466 e. The Kier molecular flexibility index (Phi) is 61.4. The van der Waals surface area contributed by atoms with Gasteiger partial charge in [-0.3, -0.25) is 9.59 Å². The molecule has 73 heavy (non-hydrogen) atoms. The summed E-state index contributed by atoms with van der Waals surface area (Å²) in [4.78, 5) is 24.5. The minimum atomic E-state index is -0.663. The first-order chi connectivity index (χ1) is 36.0. The molecule has 2 atom stereocenters. The molecule has 0 aromatic rings. The number of unbranched alkanes of at least 4 members (excludes halogenated alkanes) is 47. The van der Waals surface area contributed by atoms with Gasteiger partial charge in [-0.05, 0) is 77.0 Å². The van der Waals surface area contributed by atoms with E-state index in [9.17, 15) is 19.8 Å². The molecule has 0 aliphatic carbocycles. The SMILES string of the molecule is CCCCCCCC/C=C\CCCCCCCC(=O)OCCCCCCCCCCCCCC/C=C\CCCCCCCCCCCCCCC(=O)NC(CO)C(O)CCCCCCCCCCCCCCC. The summed E-state index contributed by atoms with van der Waals surface area (Å²) in [6.07, 6.45) is 77.8. The van der Waals surface area contributed by atoms with Crippen LogP contribution in [0.3, 0.4) is 0 Å². The molecule has 0 aliphatic rings. The molecule has 0 heterocycles. The van der Waals surface area contributed by atoms with Crippen LogP contribution < -0.4 is 5.32 Å². The smallest absolute Gasteiger partial charge is 0.305 e. The van der Waals surface area contributed by atoms with E-state index in [2.05, 4.69) is 43.5 Å². The third-order valence-electron chi connectivity index (χ3n) is 15.5. The predicted octanol–water partition coefficient (Wildman–Crippen LogP) is 21.0. The number of hydrogen-bond acceptors (Lipinski definition) is 5. The molecule has 0 aliphatic heterocycles. The number of esters is 1. The number of carbonyl (C=O) groups is 2. The third-order valence-corrected chi connectivity index (χ3v) is 15.5. The average Bonchev–Trinajstić information content (AvgIpc) is 3.39. The van der Waals surface area contributed by atoms with Gasteiger partial charge in [0.25, 0.3) is 0 Å². The van der Waals surface area contributed by atoms with Crippen LogP contribution in [0, 0.1) is 0 Å². The first-order valence-electron chi connectivity index (χ1n) is 33.1. The van der Waals surface area contributed by atoms with E-state index in [4.69, 9.17) is 4.74 Å². The van der Waals surface area contributed by atoms with Crippen molar-refractivity contribution >= 4 is 11.9 Å². The van der Waals surface area contributed by atoms with Gasteiger partial charge >= 0.3 is 5.97 Å². The van der Waals surface area contributed by atoms with Crippen molar-refractivity contribution in [2.24, 2.45) is 0 Å². The van der Waals surface area contributed by atoms with Crippen LogP contribution in [0.2, 0.25) is 0 Å². The predicted molar refractivity (Wildman–Crippen MR) is 320 cm³/mol. The maximum absolute atomic E-state index is 12.5. The highest BCUT2D eigenvalue weighted by molar-refractivity contribution is 5.76. The highest BCUT2D eigenvalue weighted by Gasteiger charge is 2.20. The fourth-order valence-electron chi connectivity index (χ4n) is 10.4. The van der Waals surface area contributed by atoms with Crippen molar-refractivity contribution in [3.63, 3.8) is 0 Å². The Bertz CT molecular complexity index is 1140. The van der Waals surface area contributed by atoms with Gasteiger partial charge in [-0.15, -0.1) is 0 Å². The lowest BCUT2D eigenvalue weighted by molar-refractivity contribution is -0.143. The van der Waals surface area contributed by atoms with Crippen LogP contribution in [-0.2, 0) is 14.3 Å². The summed E-state index contributed by atoms with van der Waals surface area (Å²) in [7, 11) is 0. The molecule has 0 fully saturated rings. The first-order valence-corrected chi connectivity index (χ1v) is 33.1. The topological polar surface area (TPSA) is 95.9 Å². The van der Waals surface area contributed by atoms with Crippen molar-refractivity contribution in [1.29, 1.82) is 0 Å². The molecular formula is C67H129NO5. The van der Waals surface area contributed by atoms with Crippen LogP contribution in [-0.4, -0.2) is 47.4 Å². The number of aliphatic hydroxyl groups excluding tert-OH is 2. The molecular weight excluding hydrogens is 899 g/mol. The second-order valence-electron chi connectivity index (χ2n) is 22.8. The number of nitrogens with one attached hydrogen (secondary N) is 1. The number of aliphatic hydroxyl groups is 2. The Morgan fingerprint density at radius 1 is 0.370 bits per heavy atom. The molecule has 0 bridgehead atoms. The second kappa shape index (κ2) is 62.9. The van der Waals surface area contributed by atoms with E-state index in [0.29, 0.717) is 25.9 Å². The van der Waals surface area contributed by atoms with Crippen LogP contribution in [0.4, 0.5) is 0 Å². The van der Waals surface area contributed by atoms with E-state index < -0.39 is 12.1 Å². The molecule has 0 rings (SSSR count). The van der Waals surface area contributed by atoms with Crippen molar-refractivity contribution in [1.82, 2.24) is 5.32 Å². The van der Waals surface area contributed by atoms with Crippen molar-refractivity contribution in [3.8, 4) is 0 Å². The highest BCUT2D eigenvalue weighted by Crippen LogP contribution is 2.18. The van der Waals surface area contributed by atoms with Gasteiger partial charge in [-0.25, -0.2) is 0 Å². The Labute approximate surface area is 456 Å². The van der Waals surface area contributed by atoms with Crippen molar-refractivity contribution < 1.29 is 24.5 Å². The molecule has 0 saturated carbocycles. The molecule has 0 saturated heterocycles. The number of rotatable bonds is 62. The van der Waals surface area contributed by atoms with Crippen molar-refractivity contribution in [2.45, 2.75) is 379 Å². The molecule has 0 aromatic carbocycles. The Balaban J connectivity index is 3.36. The van der Waals surface area contributed by atoms with E-state index in [1.807, 2.05) is 0 Å². The fourth-order valence-corrected chi connectivity index (χ4v) is 10.4. The van der Waals surface area contributed by atoms with Gasteiger partial charge in [0.2, 0.25) is 5.91 Å². The number of amides is 1. The summed E-state index contributed by atoms with van der Waals surface area (Å²) in [5.74, 6) is -0.0251. The monoisotopic (exact) mass is 1030 g/mol. The second-order valence-corrected chi connectivity index (χ2v) is 22.8. The average molecular weight is 1030 g/mol. The lowest BCUT2D eigenvalue weighted by Crippen LogP contribution is -2.45. The van der Waals surface area contributed by atoms with E-state index >= 15 is 0 Å². The zero-order chi connectivity index (χ0) is 52.9. The summed E-state index contributed by atoms with van der Waals surface area (Å²) in [5, 5.41) is 23.3. The molecule has 6 nitrogen and oxygen atoms in total. The molecule has 1 amide bonds. The van der Waals surface area contributed by atoms with Gasteiger partial charge in [-0.1, -0.05) is 301 Å². The zero-order valence-corrected chi connectivity index (χ0v) is 49.4. The van der Waals surface area contributed by atoms with Crippen LogP contribution in [0.5, 0.6) is 0 Å². The number of ether oxygens (including phenoxy) is 1. The number of carbonyl (C=O) groups excluding carboxylic acids is 2. The van der Waals surface area contributed by atoms with Crippen molar-refractivity contribution in [3.05, 3.63) is 24.3 Å². The van der Waals surface area contributed by atoms with E-state index in [0.717, 1.165) is 44.9 Å². The zero-order valence-electron chi connectivity index (χ0n) is 49.4. The lowest BCUT2D eigenvalue weighted by atomic mass is 10.0. The lowest BCUT2D eigenvalue weighted by Gasteiger charge is -2.22. The standard InChI is InChI=1S/C67H129NO5/c1-3-5-7-9-11-13-15-17-32-37-41-45-49-53-57-61-67(72)73-62-58-54-50-46-42-38-34-31-29-27-25-23-21-19-18-20-22-24-26-28-30-33-36-40-44-48-52-56-60-66(71)68-64(63-69)65(70)59-55-51-47-43-39-35-16-14-12-10-8-6-4-2/h17-19,32,64-65,69-70H,3-16,20-31,33-63H2,1-2H3,(H,68,71)/b19-18-,32-17-. The number of allylic oxidation sites excluding steroid dienone is 4. The summed E-state index contributed by atoms with van der Waals surface area (Å²) in [6, 6.07) is -0.540. The largest absolute Gasteiger partial charge is 0.466 e. The quantitative estimate of drug-likeness (QED) is 0.0320. The normalized spacial score (nSPS) is 12.7. The van der Waals surface area contributed by atoms with Crippen LogP contribution in [0.15, 0.2) is 24.3 Å². The fraction of sp³-hybridized carbons (Fsp3) is 0.910. The van der Waals surface area contributed by atoms with E-state index in [1.54, 1.807) is 0 Å². The Morgan fingerprint density at radius 3 is 0.973 bits per heavy atom. The molecule has 3 N–H and O–H groups in total. The summed E-state index contributed by atoms with van der Waals surface area (Å²) >= 11 is 0. The summed E-state index contributed by atoms with van der Waals surface area (Å²) < 4.78 is 5.49. The van der Waals surface area contributed by atoms with Crippen LogP contribution in [0.25, 0.3) is 0 Å². The highest BCUT2D eigenvalue weighted by atomic mass is 16.5. The Morgan fingerprint density at radius 2 is 0.644 bits per heavy atom. The molecule has 0 aromatic heterocycles. The molecule has 0 radical (unpaired) electrons. The maximum atomic E-state index is 12.5. The first kappa shape index (κ1) is 71.3. The maximum Gasteiger partial charge on any atom is 0.305 e. The van der Waals surface area contributed by atoms with E-state index in [1.165, 1.54) is 289 Å². The minimum absolute atomic E-state index is 0.00832. The summed E-state index contributed by atoms with van der Waals surface area (Å²) in [6.45, 7) is 4.96. The van der Waals surface area contributed by atoms with Crippen LogP contribution in [0.1, 0.15) is 367 Å². The Hall–Kier alpha value is -1.66. The van der Waals surface area contributed by atoms with Gasteiger partial charge in [-0.2, -0.15) is 0 Å². The van der Waals surface area contributed by atoms with Crippen molar-refractivity contribution in [2.75, 3.05) is 13.2 Å². The van der Waals surface area contributed by atoms with Crippen LogP contribution >= 0.6 is 0 Å². The summed E-state index contributed by atoms with van der Waals surface area (Å²) in [5.41, 5.74) is 0. The van der Waals surface area contributed by atoms with Gasteiger partial charge in [0.15, 0.2) is 0 Å². The molecule has 0 spiro atoms. The number of hydrogen-bond donors (Lipinski definition) is 3. The third kappa shape index (κ3) is 59.4. The van der Waals surface area contributed by atoms with Gasteiger partial charge in [0.1, 0.15) is 0 Å². The van der Waals surface area contributed by atoms with E-state index in [-0.39, 0.29) is 18.5 Å². The molecule has 2 unspecified atom stereocenters. The molecule has 432 valence electrons.